The van der Waals surface area contributed by atoms with Crippen molar-refractivity contribution in [2.24, 2.45) is 0 Å². The van der Waals surface area contributed by atoms with Crippen molar-refractivity contribution in [3.05, 3.63) is 42.0 Å². The quantitative estimate of drug-likeness (QED) is 0.756. The van der Waals surface area contributed by atoms with Crippen LogP contribution in [0.15, 0.2) is 39.8 Å². The third-order valence-corrected chi connectivity index (χ3v) is 4.04. The average Bonchev–Trinajstić information content (AvgIpc) is 2.93. The minimum atomic E-state index is 0.412. The molecule has 0 saturated heterocycles. The molecule has 0 radical (unpaired) electrons. The molecule has 0 aliphatic carbocycles. The van der Waals surface area contributed by atoms with E-state index in [4.69, 9.17) is 4.52 Å². The van der Waals surface area contributed by atoms with Crippen molar-refractivity contribution >= 4 is 11.8 Å². The Hall–Kier alpha value is -1.33. The van der Waals surface area contributed by atoms with Gasteiger partial charge in [0.25, 0.3) is 0 Å². The lowest BCUT2D eigenvalue weighted by molar-refractivity contribution is 0.352. The highest BCUT2D eigenvalue weighted by molar-refractivity contribution is 7.98. The SMILES string of the molecule is CCNC(CC)Cc1nc(CSc2ccccc2)no1. The van der Waals surface area contributed by atoms with Crippen molar-refractivity contribution in [2.75, 3.05) is 6.54 Å². The summed E-state index contributed by atoms with van der Waals surface area (Å²) in [4.78, 5) is 5.68. The number of nitrogens with one attached hydrogen (secondary N) is 1. The van der Waals surface area contributed by atoms with E-state index in [0.717, 1.165) is 36.9 Å². The molecule has 0 spiro atoms. The van der Waals surface area contributed by atoms with Gasteiger partial charge in [0, 0.05) is 17.4 Å². The molecule has 0 bridgehead atoms. The molecule has 0 fully saturated rings. The molecule has 0 aliphatic heterocycles. The summed E-state index contributed by atoms with van der Waals surface area (Å²) >= 11 is 1.72. The van der Waals surface area contributed by atoms with Gasteiger partial charge in [-0.15, -0.1) is 11.8 Å². The maximum absolute atomic E-state index is 5.32. The highest BCUT2D eigenvalue weighted by Gasteiger charge is 2.12. The molecule has 1 N–H and O–H groups in total. The first-order valence-electron chi connectivity index (χ1n) is 7.04. The van der Waals surface area contributed by atoms with Crippen molar-refractivity contribution in [3.8, 4) is 0 Å². The maximum atomic E-state index is 5.32. The first kappa shape index (κ1) is 15.1. The van der Waals surface area contributed by atoms with Crippen LogP contribution in [0.5, 0.6) is 0 Å². The molecule has 1 aromatic carbocycles. The van der Waals surface area contributed by atoms with E-state index >= 15 is 0 Å². The molecule has 1 atom stereocenters. The summed E-state index contributed by atoms with van der Waals surface area (Å²) in [6, 6.07) is 10.7. The summed E-state index contributed by atoms with van der Waals surface area (Å²) in [6.07, 6.45) is 1.86. The fourth-order valence-corrected chi connectivity index (χ4v) is 2.72. The molecular weight excluding hydrogens is 270 g/mol. The van der Waals surface area contributed by atoms with E-state index in [-0.39, 0.29) is 0 Å². The number of rotatable bonds is 8. The van der Waals surface area contributed by atoms with Crippen LogP contribution in [-0.4, -0.2) is 22.7 Å². The van der Waals surface area contributed by atoms with Gasteiger partial charge in [-0.2, -0.15) is 4.98 Å². The minimum Gasteiger partial charge on any atom is -0.339 e. The molecule has 2 aromatic rings. The first-order chi connectivity index (χ1) is 9.81. The zero-order chi connectivity index (χ0) is 14.2. The first-order valence-corrected chi connectivity index (χ1v) is 8.03. The number of nitrogens with zero attached hydrogens (tertiary/aromatic N) is 2. The van der Waals surface area contributed by atoms with Crippen molar-refractivity contribution in [3.63, 3.8) is 0 Å². The van der Waals surface area contributed by atoms with Gasteiger partial charge in [-0.3, -0.25) is 0 Å². The topological polar surface area (TPSA) is 51.0 Å². The Morgan fingerprint density at radius 2 is 2.05 bits per heavy atom. The van der Waals surface area contributed by atoms with Crippen LogP contribution in [-0.2, 0) is 12.2 Å². The second kappa shape index (κ2) is 8.07. The molecule has 108 valence electrons. The molecule has 1 aromatic heterocycles. The molecule has 0 saturated carbocycles. The Morgan fingerprint density at radius 1 is 1.25 bits per heavy atom. The summed E-state index contributed by atoms with van der Waals surface area (Å²) in [5.74, 6) is 2.23. The van der Waals surface area contributed by atoms with E-state index in [9.17, 15) is 0 Å². The van der Waals surface area contributed by atoms with Gasteiger partial charge in [0.1, 0.15) is 0 Å². The van der Waals surface area contributed by atoms with Gasteiger partial charge in [0.15, 0.2) is 5.82 Å². The lowest BCUT2D eigenvalue weighted by Gasteiger charge is -2.12. The van der Waals surface area contributed by atoms with Gasteiger partial charge in [0.05, 0.1) is 5.75 Å². The highest BCUT2D eigenvalue weighted by atomic mass is 32.2. The van der Waals surface area contributed by atoms with Gasteiger partial charge in [-0.1, -0.05) is 37.2 Å². The Bertz CT molecular complexity index is 501. The normalized spacial score (nSPS) is 12.5. The summed E-state index contributed by atoms with van der Waals surface area (Å²) < 4.78 is 5.32. The van der Waals surface area contributed by atoms with Crippen LogP contribution in [0.25, 0.3) is 0 Å². The fraction of sp³-hybridized carbons (Fsp3) is 0.467. The van der Waals surface area contributed by atoms with E-state index in [1.807, 2.05) is 18.2 Å². The van der Waals surface area contributed by atoms with Gasteiger partial charge in [-0.25, -0.2) is 0 Å². The molecule has 5 heteroatoms. The van der Waals surface area contributed by atoms with Crippen LogP contribution in [0.2, 0.25) is 0 Å². The Kier molecular flexibility index (Phi) is 6.08. The molecule has 1 unspecified atom stereocenters. The van der Waals surface area contributed by atoms with Gasteiger partial charge < -0.3 is 9.84 Å². The number of likely N-dealkylation sites (N-methyl/N-ethyl adjacent to an activating group) is 1. The molecular formula is C15H21N3OS. The lowest BCUT2D eigenvalue weighted by Crippen LogP contribution is -2.30. The standard InChI is InChI=1S/C15H21N3OS/c1-3-12(16-4-2)10-15-17-14(18-19-15)11-20-13-8-6-5-7-9-13/h5-9,12,16H,3-4,10-11H2,1-2H3. The maximum Gasteiger partial charge on any atom is 0.228 e. The van der Waals surface area contributed by atoms with Crippen LogP contribution in [0.3, 0.4) is 0 Å². The average molecular weight is 291 g/mol. The van der Waals surface area contributed by atoms with Crippen LogP contribution in [0, 0.1) is 0 Å². The molecule has 2 rings (SSSR count). The number of benzene rings is 1. The lowest BCUT2D eigenvalue weighted by atomic mass is 10.1. The monoisotopic (exact) mass is 291 g/mol. The van der Waals surface area contributed by atoms with Gasteiger partial charge >= 0.3 is 0 Å². The van der Waals surface area contributed by atoms with E-state index in [2.05, 4.69) is 41.4 Å². The zero-order valence-corrected chi connectivity index (χ0v) is 12.8. The molecule has 20 heavy (non-hydrogen) atoms. The second-order valence-electron chi connectivity index (χ2n) is 4.57. The third kappa shape index (κ3) is 4.65. The predicted molar refractivity (Wildman–Crippen MR) is 81.8 cm³/mol. The van der Waals surface area contributed by atoms with Gasteiger partial charge in [0.2, 0.25) is 5.89 Å². The van der Waals surface area contributed by atoms with E-state index in [1.165, 1.54) is 4.90 Å². The molecule has 1 heterocycles. The van der Waals surface area contributed by atoms with Crippen molar-refractivity contribution in [1.82, 2.24) is 15.5 Å². The number of hydrogen-bond donors (Lipinski definition) is 1. The van der Waals surface area contributed by atoms with Crippen molar-refractivity contribution in [1.29, 1.82) is 0 Å². The number of thioether (sulfide) groups is 1. The fourth-order valence-electron chi connectivity index (χ4n) is 1.96. The van der Waals surface area contributed by atoms with Crippen LogP contribution in [0.1, 0.15) is 32.0 Å². The molecule has 0 aliphatic rings. The second-order valence-corrected chi connectivity index (χ2v) is 5.62. The van der Waals surface area contributed by atoms with E-state index in [1.54, 1.807) is 11.8 Å². The Balaban J connectivity index is 1.85. The Labute approximate surface area is 124 Å². The largest absolute Gasteiger partial charge is 0.339 e. The molecule has 4 nitrogen and oxygen atoms in total. The third-order valence-electron chi connectivity index (χ3n) is 3.03. The zero-order valence-electron chi connectivity index (χ0n) is 12.0. The summed E-state index contributed by atoms with van der Waals surface area (Å²) in [7, 11) is 0. The van der Waals surface area contributed by atoms with Crippen molar-refractivity contribution in [2.45, 2.75) is 43.4 Å². The van der Waals surface area contributed by atoms with Crippen LogP contribution >= 0.6 is 11.8 Å². The summed E-state index contributed by atoms with van der Waals surface area (Å²) in [6.45, 7) is 5.23. The van der Waals surface area contributed by atoms with Gasteiger partial charge in [-0.05, 0) is 25.1 Å². The van der Waals surface area contributed by atoms with Crippen LogP contribution in [0.4, 0.5) is 0 Å². The summed E-state index contributed by atoms with van der Waals surface area (Å²) in [5.41, 5.74) is 0. The van der Waals surface area contributed by atoms with Crippen LogP contribution < -0.4 is 5.32 Å². The Morgan fingerprint density at radius 3 is 2.75 bits per heavy atom. The highest BCUT2D eigenvalue weighted by Crippen LogP contribution is 2.20. The summed E-state index contributed by atoms with van der Waals surface area (Å²) in [5, 5.41) is 7.46. The smallest absolute Gasteiger partial charge is 0.228 e. The minimum absolute atomic E-state index is 0.412. The van der Waals surface area contributed by atoms with Crippen molar-refractivity contribution < 1.29 is 4.52 Å². The number of hydrogen-bond acceptors (Lipinski definition) is 5. The van der Waals surface area contributed by atoms with E-state index in [0.29, 0.717) is 6.04 Å². The number of aromatic nitrogens is 2. The predicted octanol–water partition coefficient (Wildman–Crippen LogP) is 3.29. The molecule has 0 amide bonds. The van der Waals surface area contributed by atoms with E-state index < -0.39 is 0 Å².